The maximum atomic E-state index is 14.0. The smallest absolute Gasteiger partial charge is 0.262 e. The van der Waals surface area contributed by atoms with Crippen LogP contribution in [0.3, 0.4) is 0 Å². The molecule has 5 heteroatoms. The normalized spacial score (nSPS) is 14.2. The van der Waals surface area contributed by atoms with Crippen LogP contribution in [-0.4, -0.2) is 21.7 Å². The van der Waals surface area contributed by atoms with Crippen LogP contribution < -0.4 is 0 Å². The first-order valence-corrected chi connectivity index (χ1v) is 10.1. The summed E-state index contributed by atoms with van der Waals surface area (Å²) < 4.78 is 14.0. The summed E-state index contributed by atoms with van der Waals surface area (Å²) in [6.07, 6.45) is 0. The molecule has 1 aromatic heterocycles. The molecule has 0 bridgehead atoms. The topological polar surface area (TPSA) is 50.3 Å². The lowest BCUT2D eigenvalue weighted by atomic mass is 9.92. The van der Waals surface area contributed by atoms with Crippen molar-refractivity contribution >= 4 is 22.7 Å². The maximum absolute atomic E-state index is 14.0. The fraction of sp³-hybridized carbons (Fsp3) is 0.115. The molecule has 2 heterocycles. The molecule has 0 saturated heterocycles. The third-order valence-electron chi connectivity index (χ3n) is 5.91. The minimum Gasteiger partial charge on any atom is -0.269 e. The Labute approximate surface area is 179 Å². The Bertz CT molecular complexity index is 1330. The summed E-state index contributed by atoms with van der Waals surface area (Å²) in [6.45, 7) is 3.73. The summed E-state index contributed by atoms with van der Waals surface area (Å²) in [5.41, 5.74) is 4.60. The molecule has 3 aromatic carbocycles. The fourth-order valence-electron chi connectivity index (χ4n) is 4.37. The first kappa shape index (κ1) is 19.1. The largest absolute Gasteiger partial charge is 0.269 e. The molecule has 0 radical (unpaired) electrons. The van der Waals surface area contributed by atoms with E-state index in [0.29, 0.717) is 27.7 Å². The van der Waals surface area contributed by atoms with Crippen LogP contribution in [0.5, 0.6) is 0 Å². The SMILES string of the molecule is Cc1c(-c2ccccc2)c(C(C)N2C(=O)c3ccccc3C2=O)nc2ccc(F)cc12. The average Bonchev–Trinajstić information content (AvgIpc) is 3.04. The minimum atomic E-state index is -0.601. The van der Waals surface area contributed by atoms with Crippen LogP contribution in [0.2, 0.25) is 0 Å². The number of benzene rings is 3. The van der Waals surface area contributed by atoms with Crippen molar-refractivity contribution in [3.8, 4) is 11.1 Å². The summed E-state index contributed by atoms with van der Waals surface area (Å²) in [5, 5.41) is 0.706. The molecule has 152 valence electrons. The number of imide groups is 1. The van der Waals surface area contributed by atoms with Crippen molar-refractivity contribution in [2.75, 3.05) is 0 Å². The van der Waals surface area contributed by atoms with E-state index in [-0.39, 0.29) is 17.6 Å². The van der Waals surface area contributed by atoms with Gasteiger partial charge in [-0.3, -0.25) is 14.5 Å². The van der Waals surface area contributed by atoms with Gasteiger partial charge in [-0.15, -0.1) is 0 Å². The molecule has 2 amide bonds. The zero-order valence-electron chi connectivity index (χ0n) is 17.1. The van der Waals surface area contributed by atoms with Crippen LogP contribution in [0.1, 0.15) is 44.9 Å². The number of hydrogen-bond donors (Lipinski definition) is 0. The number of carbonyl (C=O) groups excluding carboxylic acids is 2. The van der Waals surface area contributed by atoms with Crippen molar-refractivity contribution in [1.29, 1.82) is 0 Å². The van der Waals surface area contributed by atoms with Gasteiger partial charge in [-0.2, -0.15) is 0 Å². The molecular weight excluding hydrogens is 391 g/mol. The van der Waals surface area contributed by atoms with Crippen LogP contribution in [-0.2, 0) is 0 Å². The molecule has 0 N–H and O–H groups in total. The van der Waals surface area contributed by atoms with Crippen LogP contribution in [0.4, 0.5) is 4.39 Å². The second kappa shape index (κ2) is 7.13. The lowest BCUT2D eigenvalue weighted by Crippen LogP contribution is -2.33. The van der Waals surface area contributed by atoms with Gasteiger partial charge in [0.05, 0.1) is 28.4 Å². The van der Waals surface area contributed by atoms with E-state index in [9.17, 15) is 14.0 Å². The van der Waals surface area contributed by atoms with E-state index >= 15 is 0 Å². The number of pyridine rings is 1. The molecule has 4 aromatic rings. The Morgan fingerprint density at radius 1 is 0.871 bits per heavy atom. The van der Waals surface area contributed by atoms with Gasteiger partial charge in [-0.05, 0) is 55.3 Å². The van der Waals surface area contributed by atoms with E-state index in [0.717, 1.165) is 16.7 Å². The van der Waals surface area contributed by atoms with Crippen molar-refractivity contribution in [3.63, 3.8) is 0 Å². The quantitative estimate of drug-likeness (QED) is 0.407. The molecule has 1 aliphatic rings. The lowest BCUT2D eigenvalue weighted by Gasteiger charge is -2.26. The zero-order valence-corrected chi connectivity index (χ0v) is 17.1. The van der Waals surface area contributed by atoms with Crippen molar-refractivity contribution in [1.82, 2.24) is 9.88 Å². The van der Waals surface area contributed by atoms with E-state index in [1.165, 1.54) is 17.0 Å². The number of aryl methyl sites for hydroxylation is 1. The Morgan fingerprint density at radius 2 is 1.48 bits per heavy atom. The third-order valence-corrected chi connectivity index (χ3v) is 5.91. The maximum Gasteiger partial charge on any atom is 0.262 e. The monoisotopic (exact) mass is 410 g/mol. The second-order valence-corrected chi connectivity index (χ2v) is 7.73. The van der Waals surface area contributed by atoms with Crippen LogP contribution >= 0.6 is 0 Å². The molecule has 0 spiro atoms. The van der Waals surface area contributed by atoms with Gasteiger partial charge in [0.25, 0.3) is 11.8 Å². The summed E-state index contributed by atoms with van der Waals surface area (Å²) in [7, 11) is 0. The molecule has 0 saturated carbocycles. The summed E-state index contributed by atoms with van der Waals surface area (Å²) in [5.74, 6) is -0.992. The van der Waals surface area contributed by atoms with Gasteiger partial charge >= 0.3 is 0 Å². The van der Waals surface area contributed by atoms with E-state index in [1.807, 2.05) is 44.2 Å². The molecule has 5 rings (SSSR count). The van der Waals surface area contributed by atoms with Gasteiger partial charge in [0.15, 0.2) is 0 Å². The van der Waals surface area contributed by atoms with Gasteiger partial charge in [0.2, 0.25) is 0 Å². The first-order chi connectivity index (χ1) is 15.0. The van der Waals surface area contributed by atoms with Gasteiger partial charge in [-0.25, -0.2) is 9.37 Å². The van der Waals surface area contributed by atoms with Crippen LogP contribution in [0.15, 0.2) is 72.8 Å². The number of fused-ring (bicyclic) bond motifs is 2. The molecule has 0 fully saturated rings. The van der Waals surface area contributed by atoms with E-state index in [4.69, 9.17) is 4.98 Å². The number of nitrogens with zero attached hydrogens (tertiary/aromatic N) is 2. The molecule has 1 atom stereocenters. The van der Waals surface area contributed by atoms with Gasteiger partial charge in [0, 0.05) is 10.9 Å². The number of carbonyl (C=O) groups is 2. The Balaban J connectivity index is 1.74. The highest BCUT2D eigenvalue weighted by atomic mass is 19.1. The predicted octanol–water partition coefficient (Wildman–Crippen LogP) is 5.71. The van der Waals surface area contributed by atoms with Crippen molar-refractivity contribution in [2.45, 2.75) is 19.9 Å². The number of halogens is 1. The van der Waals surface area contributed by atoms with Crippen molar-refractivity contribution in [3.05, 3.63) is 101 Å². The van der Waals surface area contributed by atoms with E-state index in [1.54, 1.807) is 30.3 Å². The van der Waals surface area contributed by atoms with E-state index in [2.05, 4.69) is 0 Å². The molecule has 4 nitrogen and oxygen atoms in total. The van der Waals surface area contributed by atoms with Gasteiger partial charge < -0.3 is 0 Å². The summed E-state index contributed by atoms with van der Waals surface area (Å²) >= 11 is 0. The Kier molecular flexibility index (Phi) is 4.40. The molecule has 1 unspecified atom stereocenters. The molecule has 31 heavy (non-hydrogen) atoms. The summed E-state index contributed by atoms with van der Waals surface area (Å²) in [4.78, 5) is 32.3. The molecule has 0 aliphatic carbocycles. The number of amides is 2. The summed E-state index contributed by atoms with van der Waals surface area (Å²) in [6, 6.07) is 20.4. The lowest BCUT2D eigenvalue weighted by molar-refractivity contribution is 0.0593. The highest BCUT2D eigenvalue weighted by Crippen LogP contribution is 2.39. The zero-order chi connectivity index (χ0) is 21.7. The van der Waals surface area contributed by atoms with Crippen LogP contribution in [0.25, 0.3) is 22.0 Å². The van der Waals surface area contributed by atoms with Crippen molar-refractivity contribution < 1.29 is 14.0 Å². The average molecular weight is 410 g/mol. The minimum absolute atomic E-state index is 0.328. The third kappa shape index (κ3) is 2.93. The van der Waals surface area contributed by atoms with Crippen LogP contribution in [0, 0.1) is 12.7 Å². The molecular formula is C26H19FN2O2. The highest BCUT2D eigenvalue weighted by Gasteiger charge is 2.40. The number of hydrogen-bond acceptors (Lipinski definition) is 3. The predicted molar refractivity (Wildman–Crippen MR) is 117 cm³/mol. The standard InChI is InChI=1S/C26H19FN2O2/c1-15-21-14-18(27)12-13-22(21)28-24(23(15)17-8-4-3-5-9-17)16(2)29-25(30)19-10-6-7-11-20(19)26(29)31/h3-14,16H,1-2H3. The number of aromatic nitrogens is 1. The highest BCUT2D eigenvalue weighted by molar-refractivity contribution is 6.21. The van der Waals surface area contributed by atoms with E-state index < -0.39 is 6.04 Å². The Hall–Kier alpha value is -3.86. The second-order valence-electron chi connectivity index (χ2n) is 7.73. The fourth-order valence-corrected chi connectivity index (χ4v) is 4.37. The first-order valence-electron chi connectivity index (χ1n) is 10.1. The van der Waals surface area contributed by atoms with Gasteiger partial charge in [-0.1, -0.05) is 42.5 Å². The molecule has 1 aliphatic heterocycles. The van der Waals surface area contributed by atoms with Gasteiger partial charge in [0.1, 0.15) is 5.82 Å². The Morgan fingerprint density at radius 3 is 2.13 bits per heavy atom. The number of rotatable bonds is 3. The van der Waals surface area contributed by atoms with Crippen molar-refractivity contribution in [2.24, 2.45) is 0 Å².